The van der Waals surface area contributed by atoms with Crippen molar-refractivity contribution in [2.75, 3.05) is 0 Å². The van der Waals surface area contributed by atoms with Gasteiger partial charge in [0.05, 0.1) is 0 Å². The monoisotopic (exact) mass is 192 g/mol. The molecule has 4 nitrogen and oxygen atoms in total. The highest BCUT2D eigenvalue weighted by atomic mass is 15.1. The number of H-pyrrole nitrogens is 1. The predicted octanol–water partition coefficient (Wildman–Crippen LogP) is 2.14. The van der Waals surface area contributed by atoms with Crippen LogP contribution in [0.3, 0.4) is 0 Å². The molecule has 0 amide bonds. The van der Waals surface area contributed by atoms with Gasteiger partial charge in [0, 0.05) is 23.8 Å². The molecule has 4 heteroatoms. The number of nitrogens with zero attached hydrogens (tertiary/aromatic N) is 3. The van der Waals surface area contributed by atoms with E-state index in [0.717, 1.165) is 11.4 Å². The number of aromatic amines is 1. The van der Waals surface area contributed by atoms with Crippen LogP contribution in [0.25, 0.3) is 0 Å². The van der Waals surface area contributed by atoms with E-state index in [0.29, 0.717) is 0 Å². The van der Waals surface area contributed by atoms with Gasteiger partial charge in [-0.15, -0.1) is 0 Å². The molecular weight excluding hydrogens is 176 g/mol. The molecule has 0 aromatic carbocycles. The lowest BCUT2D eigenvalue weighted by molar-refractivity contribution is 1.05. The minimum Gasteiger partial charge on any atom is -0.283 e. The largest absolute Gasteiger partial charge is 0.283 e. The summed E-state index contributed by atoms with van der Waals surface area (Å²) in [4.78, 5) is 7.60. The topological polar surface area (TPSA) is 54.5 Å². The second-order valence-corrected chi connectivity index (χ2v) is 2.59. The van der Waals surface area contributed by atoms with Gasteiger partial charge < -0.3 is 0 Å². The van der Waals surface area contributed by atoms with E-state index < -0.39 is 0 Å². The van der Waals surface area contributed by atoms with Crippen molar-refractivity contribution in [3.05, 3.63) is 42.2 Å². The molecule has 2 rings (SSSR count). The molecule has 2 aromatic rings. The third-order valence-electron chi connectivity index (χ3n) is 1.37. The van der Waals surface area contributed by atoms with Crippen LogP contribution in [0.15, 0.2) is 30.9 Å². The van der Waals surface area contributed by atoms with Crippen LogP contribution >= 0.6 is 0 Å². The van der Waals surface area contributed by atoms with E-state index in [2.05, 4.69) is 20.2 Å². The molecule has 0 saturated carbocycles. The van der Waals surface area contributed by atoms with Crippen LogP contribution in [-0.2, 0) is 0 Å². The van der Waals surface area contributed by atoms with Crippen LogP contribution in [0.4, 0.5) is 0 Å². The Morgan fingerprint density at radius 3 is 2.14 bits per heavy atom. The Bertz CT molecular complexity index is 315. The highest BCUT2D eigenvalue weighted by Crippen LogP contribution is 1.82. The summed E-state index contributed by atoms with van der Waals surface area (Å²) in [6, 6.07) is 3.78. The van der Waals surface area contributed by atoms with Gasteiger partial charge in [0.2, 0.25) is 0 Å². The zero-order valence-electron chi connectivity index (χ0n) is 7.73. The van der Waals surface area contributed by atoms with Crippen LogP contribution < -0.4 is 0 Å². The van der Waals surface area contributed by atoms with Crippen molar-refractivity contribution in [1.29, 1.82) is 0 Å². The fourth-order valence-electron chi connectivity index (χ4n) is 0.682. The Morgan fingerprint density at radius 2 is 1.93 bits per heavy atom. The normalized spacial score (nSPS) is 8.14. The number of nitrogens with one attached hydrogen (secondary N) is 1. The summed E-state index contributed by atoms with van der Waals surface area (Å²) in [7, 11) is 0. The van der Waals surface area contributed by atoms with Crippen molar-refractivity contribution >= 4 is 0 Å². The van der Waals surface area contributed by atoms with Gasteiger partial charge in [0.15, 0.2) is 0 Å². The van der Waals surface area contributed by atoms with Gasteiger partial charge in [-0.1, -0.05) is 7.43 Å². The SMILES string of the molecule is C.Cc1ccn[nH]1.Cc1ccncn1. The maximum absolute atomic E-state index is 3.87. The summed E-state index contributed by atoms with van der Waals surface area (Å²) >= 11 is 0. The first-order valence-electron chi connectivity index (χ1n) is 3.97. The second-order valence-electron chi connectivity index (χ2n) is 2.59. The minimum absolute atomic E-state index is 0. The molecule has 0 radical (unpaired) electrons. The smallest absolute Gasteiger partial charge is 0.115 e. The Hall–Kier alpha value is -1.71. The van der Waals surface area contributed by atoms with Crippen LogP contribution in [-0.4, -0.2) is 20.2 Å². The maximum atomic E-state index is 3.87. The average Bonchev–Trinajstić information content (AvgIpc) is 2.58. The van der Waals surface area contributed by atoms with Crippen LogP contribution in [0, 0.1) is 13.8 Å². The Labute approximate surface area is 84.4 Å². The van der Waals surface area contributed by atoms with Gasteiger partial charge in [-0.25, -0.2) is 9.97 Å². The molecule has 0 aliphatic carbocycles. The lowest BCUT2D eigenvalue weighted by Gasteiger charge is -1.81. The Balaban J connectivity index is 0.000000227. The van der Waals surface area contributed by atoms with Crippen molar-refractivity contribution in [1.82, 2.24) is 20.2 Å². The number of rotatable bonds is 0. The molecule has 2 heterocycles. The van der Waals surface area contributed by atoms with Crippen molar-refractivity contribution in [2.24, 2.45) is 0 Å². The quantitative estimate of drug-likeness (QED) is 0.695. The van der Waals surface area contributed by atoms with Crippen LogP contribution in [0.2, 0.25) is 0 Å². The van der Waals surface area contributed by atoms with Gasteiger partial charge in [-0.05, 0) is 26.0 Å². The molecule has 0 bridgehead atoms. The molecule has 0 spiro atoms. The molecule has 0 unspecified atom stereocenters. The molecule has 0 aliphatic rings. The van der Waals surface area contributed by atoms with Gasteiger partial charge in [0.25, 0.3) is 0 Å². The van der Waals surface area contributed by atoms with Gasteiger partial charge in [-0.2, -0.15) is 5.10 Å². The molecular formula is C10H16N4. The number of hydrogen-bond acceptors (Lipinski definition) is 3. The van der Waals surface area contributed by atoms with E-state index in [1.54, 1.807) is 12.4 Å². The van der Waals surface area contributed by atoms with Crippen LogP contribution in [0.1, 0.15) is 18.8 Å². The highest BCUT2D eigenvalue weighted by Gasteiger charge is 1.74. The standard InChI is InChI=1S/C5H6N2.C4H6N2.CH4/c1-5-2-3-6-4-7-5;1-4-2-3-5-6-4;/h2-4H,1H3;2-3H,1H3,(H,5,6);1H4. The first kappa shape index (κ1) is 12.3. The second kappa shape index (κ2) is 6.77. The first-order valence-corrected chi connectivity index (χ1v) is 3.97. The zero-order valence-corrected chi connectivity index (χ0v) is 7.73. The van der Waals surface area contributed by atoms with Crippen LogP contribution in [0.5, 0.6) is 0 Å². The molecule has 1 N–H and O–H groups in total. The zero-order chi connectivity index (χ0) is 9.52. The van der Waals surface area contributed by atoms with Crippen molar-refractivity contribution in [2.45, 2.75) is 21.3 Å². The fourth-order valence-corrected chi connectivity index (χ4v) is 0.682. The van der Waals surface area contributed by atoms with Gasteiger partial charge >= 0.3 is 0 Å². The Morgan fingerprint density at radius 1 is 1.14 bits per heavy atom. The summed E-state index contributed by atoms with van der Waals surface area (Å²) in [6.45, 7) is 3.90. The lowest BCUT2D eigenvalue weighted by Crippen LogP contribution is -1.77. The van der Waals surface area contributed by atoms with Crippen molar-refractivity contribution < 1.29 is 0 Å². The number of hydrogen-bond donors (Lipinski definition) is 1. The van der Waals surface area contributed by atoms with E-state index in [-0.39, 0.29) is 7.43 Å². The summed E-state index contributed by atoms with van der Waals surface area (Å²) < 4.78 is 0. The minimum atomic E-state index is 0. The fraction of sp³-hybridized carbons (Fsp3) is 0.300. The molecule has 0 fully saturated rings. The highest BCUT2D eigenvalue weighted by molar-refractivity contribution is 4.92. The summed E-state index contributed by atoms with van der Waals surface area (Å²) in [6.07, 6.45) is 4.99. The van der Waals surface area contributed by atoms with E-state index in [1.165, 1.54) is 6.33 Å². The van der Waals surface area contributed by atoms with Crippen molar-refractivity contribution in [3.63, 3.8) is 0 Å². The third-order valence-corrected chi connectivity index (χ3v) is 1.37. The van der Waals surface area contributed by atoms with E-state index in [4.69, 9.17) is 0 Å². The van der Waals surface area contributed by atoms with Gasteiger partial charge in [-0.3, -0.25) is 5.10 Å². The van der Waals surface area contributed by atoms with Crippen molar-refractivity contribution in [3.8, 4) is 0 Å². The van der Waals surface area contributed by atoms with E-state index >= 15 is 0 Å². The molecule has 2 aromatic heterocycles. The Kier molecular flexibility index (Phi) is 5.94. The summed E-state index contributed by atoms with van der Waals surface area (Å²) in [5.74, 6) is 0. The average molecular weight is 192 g/mol. The lowest BCUT2D eigenvalue weighted by atomic mass is 10.5. The number of aromatic nitrogens is 4. The first-order chi connectivity index (χ1) is 6.29. The summed E-state index contributed by atoms with van der Waals surface area (Å²) in [5.41, 5.74) is 2.12. The maximum Gasteiger partial charge on any atom is 0.115 e. The molecule has 0 aliphatic heterocycles. The third kappa shape index (κ3) is 5.03. The molecule has 76 valence electrons. The molecule has 14 heavy (non-hydrogen) atoms. The van der Waals surface area contributed by atoms with Gasteiger partial charge in [0.1, 0.15) is 6.33 Å². The molecule has 0 atom stereocenters. The summed E-state index contributed by atoms with van der Waals surface area (Å²) in [5, 5.41) is 6.45. The number of aryl methyl sites for hydroxylation is 2. The van der Waals surface area contributed by atoms with E-state index in [9.17, 15) is 0 Å². The molecule has 0 saturated heterocycles. The van der Waals surface area contributed by atoms with E-state index in [1.807, 2.05) is 26.0 Å². The predicted molar refractivity (Wildman–Crippen MR) is 56.8 cm³/mol.